The molecule has 0 unspecified atom stereocenters. The Morgan fingerprint density at radius 1 is 0.958 bits per heavy atom. The normalized spacial score (nSPS) is 10.5. The van der Waals surface area contributed by atoms with Crippen LogP contribution >= 0.6 is 11.6 Å². The van der Waals surface area contributed by atoms with E-state index in [-0.39, 0.29) is 0 Å². The summed E-state index contributed by atoms with van der Waals surface area (Å²) >= 11 is 6.27. The lowest BCUT2D eigenvalue weighted by Gasteiger charge is -2.13. The van der Waals surface area contributed by atoms with Crippen molar-refractivity contribution in [3.05, 3.63) is 76.3 Å². The fourth-order valence-corrected chi connectivity index (χ4v) is 2.88. The highest BCUT2D eigenvalue weighted by molar-refractivity contribution is 6.33. The molecule has 0 bridgehead atoms. The molecular formula is C20H17ClN2O. The van der Waals surface area contributed by atoms with Gasteiger partial charge in [0.1, 0.15) is 5.82 Å². The Hall–Kier alpha value is -2.65. The zero-order chi connectivity index (χ0) is 17.1. The first kappa shape index (κ1) is 16.2. The number of halogens is 1. The predicted octanol–water partition coefficient (Wildman–Crippen LogP) is 5.57. The molecule has 0 aliphatic rings. The lowest BCUT2D eigenvalue weighted by molar-refractivity contribution is 0.112. The Labute approximate surface area is 146 Å². The minimum atomic E-state index is 0.561. The summed E-state index contributed by atoms with van der Waals surface area (Å²) in [6.45, 7) is 3.99. The second-order valence-corrected chi connectivity index (χ2v) is 6.03. The number of carbonyl (C=O) groups excluding carboxylic acids is 1. The van der Waals surface area contributed by atoms with Crippen LogP contribution in [0.1, 0.15) is 21.5 Å². The minimum Gasteiger partial charge on any atom is -0.339 e. The van der Waals surface area contributed by atoms with E-state index in [4.69, 9.17) is 11.6 Å². The number of aryl methyl sites for hydroxylation is 2. The second-order valence-electron chi connectivity index (χ2n) is 5.62. The first-order valence-corrected chi connectivity index (χ1v) is 8.02. The van der Waals surface area contributed by atoms with Gasteiger partial charge in [0.15, 0.2) is 6.29 Å². The van der Waals surface area contributed by atoms with E-state index in [1.54, 1.807) is 12.1 Å². The molecule has 4 heteroatoms. The molecular weight excluding hydrogens is 320 g/mol. The molecule has 0 spiro atoms. The van der Waals surface area contributed by atoms with Gasteiger partial charge in [0, 0.05) is 11.1 Å². The summed E-state index contributed by atoms with van der Waals surface area (Å²) in [7, 11) is 0. The Balaban J connectivity index is 2.07. The molecule has 0 saturated heterocycles. The number of hydrogen-bond acceptors (Lipinski definition) is 3. The van der Waals surface area contributed by atoms with E-state index in [2.05, 4.69) is 10.3 Å². The highest BCUT2D eigenvalue weighted by Gasteiger charge is 2.11. The van der Waals surface area contributed by atoms with E-state index < -0.39 is 0 Å². The molecule has 3 nitrogen and oxygen atoms in total. The highest BCUT2D eigenvalue weighted by Crippen LogP contribution is 2.30. The zero-order valence-corrected chi connectivity index (χ0v) is 14.3. The van der Waals surface area contributed by atoms with Crippen LogP contribution in [0.2, 0.25) is 5.02 Å². The third kappa shape index (κ3) is 3.17. The number of pyridine rings is 1. The zero-order valence-electron chi connectivity index (χ0n) is 13.5. The Morgan fingerprint density at radius 3 is 2.42 bits per heavy atom. The number of benzene rings is 2. The molecule has 1 aromatic heterocycles. The van der Waals surface area contributed by atoms with E-state index in [9.17, 15) is 4.79 Å². The standard InChI is InChI=1S/C20H17ClN2O/c1-13-6-3-4-8-16(13)20-15(12-24)10-11-18(23-20)22-19-14(2)7-5-9-17(19)21/h3-12H,1-2H3,(H,22,23). The smallest absolute Gasteiger partial charge is 0.152 e. The summed E-state index contributed by atoms with van der Waals surface area (Å²) in [6.07, 6.45) is 0.833. The Morgan fingerprint density at radius 2 is 1.71 bits per heavy atom. The van der Waals surface area contributed by atoms with Crippen LogP contribution in [-0.4, -0.2) is 11.3 Å². The van der Waals surface area contributed by atoms with Crippen LogP contribution in [-0.2, 0) is 0 Å². The van der Waals surface area contributed by atoms with Crippen LogP contribution < -0.4 is 5.32 Å². The molecule has 1 heterocycles. The van der Waals surface area contributed by atoms with Crippen molar-refractivity contribution in [3.8, 4) is 11.3 Å². The highest BCUT2D eigenvalue weighted by atomic mass is 35.5. The first-order chi connectivity index (χ1) is 11.6. The number of nitrogens with one attached hydrogen (secondary N) is 1. The molecule has 3 rings (SSSR count). The number of aldehydes is 1. The maximum absolute atomic E-state index is 11.4. The number of anilines is 2. The van der Waals surface area contributed by atoms with Crippen molar-refractivity contribution in [3.63, 3.8) is 0 Å². The molecule has 1 N–H and O–H groups in total. The van der Waals surface area contributed by atoms with E-state index >= 15 is 0 Å². The van der Waals surface area contributed by atoms with Gasteiger partial charge >= 0.3 is 0 Å². The van der Waals surface area contributed by atoms with Crippen LogP contribution in [0.25, 0.3) is 11.3 Å². The Bertz CT molecular complexity index is 886. The number of para-hydroxylation sites is 1. The van der Waals surface area contributed by atoms with Crippen molar-refractivity contribution in [1.29, 1.82) is 0 Å². The average Bonchev–Trinajstić information content (AvgIpc) is 2.58. The van der Waals surface area contributed by atoms with Crippen molar-refractivity contribution in [2.75, 3.05) is 5.32 Å². The molecule has 0 saturated carbocycles. The molecule has 3 aromatic rings. The first-order valence-electron chi connectivity index (χ1n) is 7.64. The van der Waals surface area contributed by atoms with Crippen molar-refractivity contribution in [2.45, 2.75) is 13.8 Å². The fraction of sp³-hybridized carbons (Fsp3) is 0.100. The summed E-state index contributed by atoms with van der Waals surface area (Å²) in [5.41, 5.74) is 5.09. The molecule has 2 aromatic carbocycles. The quantitative estimate of drug-likeness (QED) is 0.633. The fourth-order valence-electron chi connectivity index (χ4n) is 2.61. The maximum atomic E-state index is 11.4. The van der Waals surface area contributed by atoms with Crippen molar-refractivity contribution in [1.82, 2.24) is 4.98 Å². The lowest BCUT2D eigenvalue weighted by Crippen LogP contribution is -2.00. The van der Waals surface area contributed by atoms with Gasteiger partial charge in [-0.1, -0.05) is 48.0 Å². The number of rotatable bonds is 4. The monoisotopic (exact) mass is 336 g/mol. The molecule has 0 atom stereocenters. The molecule has 0 radical (unpaired) electrons. The summed E-state index contributed by atoms with van der Waals surface area (Å²) in [5, 5.41) is 3.90. The third-order valence-corrected chi connectivity index (χ3v) is 4.24. The van der Waals surface area contributed by atoms with Crippen molar-refractivity contribution in [2.24, 2.45) is 0 Å². The molecule has 120 valence electrons. The number of carbonyl (C=O) groups is 1. The molecule has 0 amide bonds. The van der Waals surface area contributed by atoms with Gasteiger partial charge in [-0.3, -0.25) is 4.79 Å². The van der Waals surface area contributed by atoms with Crippen LogP contribution in [0.3, 0.4) is 0 Å². The number of nitrogens with zero attached hydrogens (tertiary/aromatic N) is 1. The third-order valence-electron chi connectivity index (χ3n) is 3.93. The molecule has 0 aliphatic carbocycles. The summed E-state index contributed by atoms with van der Waals surface area (Å²) in [5.74, 6) is 0.648. The van der Waals surface area contributed by atoms with Gasteiger partial charge < -0.3 is 5.32 Å². The number of hydrogen-bond donors (Lipinski definition) is 1. The van der Waals surface area contributed by atoms with Crippen molar-refractivity contribution >= 4 is 29.4 Å². The van der Waals surface area contributed by atoms with Crippen LogP contribution in [0.5, 0.6) is 0 Å². The molecule has 0 aliphatic heterocycles. The Kier molecular flexibility index (Phi) is 4.63. The van der Waals surface area contributed by atoms with Gasteiger partial charge in [-0.2, -0.15) is 0 Å². The van der Waals surface area contributed by atoms with Crippen LogP contribution in [0.15, 0.2) is 54.6 Å². The van der Waals surface area contributed by atoms with Gasteiger partial charge in [0.2, 0.25) is 0 Å². The van der Waals surface area contributed by atoms with Gasteiger partial charge in [-0.15, -0.1) is 0 Å². The summed E-state index contributed by atoms with van der Waals surface area (Å²) in [4.78, 5) is 16.1. The van der Waals surface area contributed by atoms with E-state index in [0.717, 1.165) is 28.7 Å². The summed E-state index contributed by atoms with van der Waals surface area (Å²) < 4.78 is 0. The minimum absolute atomic E-state index is 0.561. The summed E-state index contributed by atoms with van der Waals surface area (Å²) in [6, 6.07) is 17.2. The SMILES string of the molecule is Cc1ccccc1-c1nc(Nc2c(C)cccc2Cl)ccc1C=O. The largest absolute Gasteiger partial charge is 0.339 e. The molecule has 24 heavy (non-hydrogen) atoms. The molecule has 0 fully saturated rings. The second kappa shape index (κ2) is 6.85. The van der Waals surface area contributed by atoms with Gasteiger partial charge in [-0.25, -0.2) is 4.98 Å². The van der Waals surface area contributed by atoms with Crippen LogP contribution in [0.4, 0.5) is 11.5 Å². The average molecular weight is 337 g/mol. The van der Waals surface area contributed by atoms with Crippen molar-refractivity contribution < 1.29 is 4.79 Å². The van der Waals surface area contributed by atoms with Gasteiger partial charge in [-0.05, 0) is 43.2 Å². The van der Waals surface area contributed by atoms with E-state index in [0.29, 0.717) is 22.1 Å². The number of aromatic nitrogens is 1. The topological polar surface area (TPSA) is 42.0 Å². The predicted molar refractivity (Wildman–Crippen MR) is 99.3 cm³/mol. The van der Waals surface area contributed by atoms with Gasteiger partial charge in [0.25, 0.3) is 0 Å². The van der Waals surface area contributed by atoms with E-state index in [1.165, 1.54) is 0 Å². The van der Waals surface area contributed by atoms with Crippen LogP contribution in [0, 0.1) is 13.8 Å². The van der Waals surface area contributed by atoms with E-state index in [1.807, 2.05) is 56.3 Å². The lowest BCUT2D eigenvalue weighted by atomic mass is 10.0. The van der Waals surface area contributed by atoms with Gasteiger partial charge in [0.05, 0.1) is 16.4 Å². The maximum Gasteiger partial charge on any atom is 0.152 e.